The molecule has 100 valence electrons. The molecule has 1 N–H and O–H groups in total. The lowest BCUT2D eigenvalue weighted by Gasteiger charge is -2.20. The van der Waals surface area contributed by atoms with E-state index in [-0.39, 0.29) is 30.1 Å². The first-order chi connectivity index (χ1) is 8.19. The third kappa shape index (κ3) is 4.61. The van der Waals surface area contributed by atoms with Crippen LogP contribution in [0.3, 0.4) is 0 Å². The van der Waals surface area contributed by atoms with Gasteiger partial charge in [0, 0.05) is 33.7 Å². The van der Waals surface area contributed by atoms with E-state index in [9.17, 15) is 9.59 Å². The summed E-state index contributed by atoms with van der Waals surface area (Å²) in [6.07, 6.45) is 0.531. The first-order valence-electron chi connectivity index (χ1n) is 6.10. The van der Waals surface area contributed by atoms with Gasteiger partial charge in [0.05, 0.1) is 0 Å². The van der Waals surface area contributed by atoms with Crippen LogP contribution in [0.25, 0.3) is 0 Å². The smallest absolute Gasteiger partial charge is 0.220 e. The highest BCUT2D eigenvalue weighted by Gasteiger charge is 2.16. The quantitative estimate of drug-likeness (QED) is 0.851. The molecule has 0 radical (unpaired) electrons. The summed E-state index contributed by atoms with van der Waals surface area (Å²) in [6.45, 7) is 9.72. The van der Waals surface area contributed by atoms with Gasteiger partial charge in [-0.05, 0) is 40.7 Å². The maximum Gasteiger partial charge on any atom is 0.220 e. The van der Waals surface area contributed by atoms with Crippen molar-refractivity contribution in [1.82, 2.24) is 5.32 Å². The molecule has 0 aromatic carbocycles. The minimum Gasteiger partial charge on any atom is -0.351 e. The Labute approximate surface area is 113 Å². The van der Waals surface area contributed by atoms with Crippen molar-refractivity contribution in [3.63, 3.8) is 0 Å². The third-order valence-corrected chi connectivity index (χ3v) is 3.40. The number of carbonyl (C=O) groups is 2. The Hall–Kier alpha value is -1.16. The number of ketones is 1. The predicted molar refractivity (Wildman–Crippen MR) is 75.3 cm³/mol. The molecule has 0 spiro atoms. The number of amides is 1. The molecular weight excluding hydrogens is 246 g/mol. The standard InChI is InChI=1S/C14H21NO2S/c1-9-8-11(10(2)18-9)12(16)6-7-13(17)15-14(3,4)5/h8H,6-7H2,1-5H3,(H,15,17). The maximum atomic E-state index is 12.0. The van der Waals surface area contributed by atoms with E-state index in [1.807, 2.05) is 40.7 Å². The van der Waals surface area contributed by atoms with Gasteiger partial charge in [-0.1, -0.05) is 0 Å². The molecule has 0 aliphatic carbocycles. The first kappa shape index (κ1) is 14.9. The predicted octanol–water partition coefficient (Wildman–Crippen LogP) is 3.24. The van der Waals surface area contributed by atoms with Gasteiger partial charge in [0.25, 0.3) is 0 Å². The summed E-state index contributed by atoms with van der Waals surface area (Å²) in [5.41, 5.74) is 0.524. The van der Waals surface area contributed by atoms with E-state index in [1.54, 1.807) is 11.3 Å². The Morgan fingerprint density at radius 3 is 2.28 bits per heavy atom. The molecular formula is C14H21NO2S. The van der Waals surface area contributed by atoms with Crippen LogP contribution in [0.2, 0.25) is 0 Å². The highest BCUT2D eigenvalue weighted by atomic mass is 32.1. The van der Waals surface area contributed by atoms with Crippen LogP contribution >= 0.6 is 11.3 Å². The molecule has 1 rings (SSSR count). The zero-order valence-electron chi connectivity index (χ0n) is 11.7. The second-order valence-electron chi connectivity index (χ2n) is 5.55. The number of aryl methyl sites for hydroxylation is 2. The van der Waals surface area contributed by atoms with Gasteiger partial charge in [-0.3, -0.25) is 9.59 Å². The molecule has 0 saturated carbocycles. The third-order valence-electron chi connectivity index (χ3n) is 2.43. The summed E-state index contributed by atoms with van der Waals surface area (Å²) < 4.78 is 0. The fraction of sp³-hybridized carbons (Fsp3) is 0.571. The molecule has 18 heavy (non-hydrogen) atoms. The second-order valence-corrected chi connectivity index (χ2v) is 7.01. The van der Waals surface area contributed by atoms with Crippen LogP contribution in [0.1, 0.15) is 53.7 Å². The number of hydrogen-bond acceptors (Lipinski definition) is 3. The van der Waals surface area contributed by atoms with Gasteiger partial charge in [-0.15, -0.1) is 11.3 Å². The van der Waals surface area contributed by atoms with E-state index < -0.39 is 0 Å². The van der Waals surface area contributed by atoms with Gasteiger partial charge in [0.2, 0.25) is 5.91 Å². The van der Waals surface area contributed by atoms with Crippen molar-refractivity contribution in [2.75, 3.05) is 0 Å². The largest absolute Gasteiger partial charge is 0.351 e. The van der Waals surface area contributed by atoms with Crippen LogP contribution in [-0.4, -0.2) is 17.2 Å². The van der Waals surface area contributed by atoms with Crippen molar-refractivity contribution in [1.29, 1.82) is 0 Å². The fourth-order valence-corrected chi connectivity index (χ4v) is 2.69. The zero-order valence-corrected chi connectivity index (χ0v) is 12.5. The van der Waals surface area contributed by atoms with Crippen LogP contribution in [0.5, 0.6) is 0 Å². The summed E-state index contributed by atoms with van der Waals surface area (Å²) in [5.74, 6) is -0.0126. The van der Waals surface area contributed by atoms with Gasteiger partial charge in [-0.25, -0.2) is 0 Å². The molecule has 1 aromatic heterocycles. The van der Waals surface area contributed by atoms with Crippen molar-refractivity contribution < 1.29 is 9.59 Å². The normalized spacial score (nSPS) is 11.4. The summed E-state index contributed by atoms with van der Waals surface area (Å²) in [7, 11) is 0. The molecule has 0 atom stereocenters. The summed E-state index contributed by atoms with van der Waals surface area (Å²) in [5, 5.41) is 2.86. The molecule has 0 aliphatic heterocycles. The summed E-state index contributed by atoms with van der Waals surface area (Å²) in [4.78, 5) is 25.8. The first-order valence-corrected chi connectivity index (χ1v) is 6.92. The molecule has 1 amide bonds. The zero-order chi connectivity index (χ0) is 13.9. The van der Waals surface area contributed by atoms with Gasteiger partial charge in [-0.2, -0.15) is 0 Å². The maximum absolute atomic E-state index is 12.0. The van der Waals surface area contributed by atoms with Crippen molar-refractivity contribution in [2.24, 2.45) is 0 Å². The number of Topliss-reactive ketones (excluding diaryl/α,β-unsaturated/α-hetero) is 1. The van der Waals surface area contributed by atoms with E-state index in [0.717, 1.165) is 15.3 Å². The Morgan fingerprint density at radius 1 is 1.22 bits per heavy atom. The lowest BCUT2D eigenvalue weighted by Crippen LogP contribution is -2.40. The molecule has 0 unspecified atom stereocenters. The minimum atomic E-state index is -0.241. The lowest BCUT2D eigenvalue weighted by atomic mass is 10.1. The van der Waals surface area contributed by atoms with E-state index in [0.29, 0.717) is 0 Å². The Bertz CT molecular complexity index is 455. The number of hydrogen-bond donors (Lipinski definition) is 1. The highest BCUT2D eigenvalue weighted by Crippen LogP contribution is 2.22. The molecule has 0 saturated heterocycles. The van der Waals surface area contributed by atoms with Crippen LogP contribution in [0, 0.1) is 13.8 Å². The van der Waals surface area contributed by atoms with Crippen LogP contribution in [-0.2, 0) is 4.79 Å². The topological polar surface area (TPSA) is 46.2 Å². The van der Waals surface area contributed by atoms with E-state index >= 15 is 0 Å². The SMILES string of the molecule is Cc1cc(C(=O)CCC(=O)NC(C)(C)C)c(C)s1. The molecule has 3 nitrogen and oxygen atoms in total. The molecule has 4 heteroatoms. The van der Waals surface area contributed by atoms with Gasteiger partial charge in [0.15, 0.2) is 5.78 Å². The average Bonchev–Trinajstić information content (AvgIpc) is 2.52. The highest BCUT2D eigenvalue weighted by molar-refractivity contribution is 7.12. The Morgan fingerprint density at radius 2 is 1.83 bits per heavy atom. The van der Waals surface area contributed by atoms with Crippen molar-refractivity contribution in [3.8, 4) is 0 Å². The molecule has 0 fully saturated rings. The molecule has 0 bridgehead atoms. The number of thiophene rings is 1. The van der Waals surface area contributed by atoms with E-state index in [4.69, 9.17) is 0 Å². The van der Waals surface area contributed by atoms with E-state index in [1.165, 1.54) is 0 Å². The molecule has 0 aliphatic rings. The van der Waals surface area contributed by atoms with Gasteiger partial charge >= 0.3 is 0 Å². The number of rotatable bonds is 4. The lowest BCUT2D eigenvalue weighted by molar-refractivity contribution is -0.122. The average molecular weight is 267 g/mol. The van der Waals surface area contributed by atoms with Crippen molar-refractivity contribution >= 4 is 23.0 Å². The second kappa shape index (κ2) is 5.65. The fourth-order valence-electron chi connectivity index (χ4n) is 1.75. The summed E-state index contributed by atoms with van der Waals surface area (Å²) in [6, 6.07) is 1.91. The van der Waals surface area contributed by atoms with E-state index in [2.05, 4.69) is 5.32 Å². The minimum absolute atomic E-state index is 0.0564. The molecule has 1 heterocycles. The van der Waals surface area contributed by atoms with Crippen molar-refractivity contribution in [2.45, 2.75) is 53.0 Å². The van der Waals surface area contributed by atoms with Crippen LogP contribution in [0.4, 0.5) is 0 Å². The number of carbonyl (C=O) groups excluding carboxylic acids is 2. The Kier molecular flexibility index (Phi) is 4.68. The van der Waals surface area contributed by atoms with Crippen molar-refractivity contribution in [3.05, 3.63) is 21.4 Å². The van der Waals surface area contributed by atoms with Crippen LogP contribution in [0.15, 0.2) is 6.07 Å². The summed E-state index contributed by atoms with van der Waals surface area (Å²) >= 11 is 1.62. The van der Waals surface area contributed by atoms with Gasteiger partial charge in [0.1, 0.15) is 0 Å². The van der Waals surface area contributed by atoms with Crippen LogP contribution < -0.4 is 5.32 Å². The number of nitrogens with one attached hydrogen (secondary N) is 1. The van der Waals surface area contributed by atoms with Gasteiger partial charge < -0.3 is 5.32 Å². The Balaban J connectivity index is 2.52. The molecule has 1 aromatic rings. The monoisotopic (exact) mass is 267 g/mol.